The number of fused-ring (bicyclic) bond motifs is 1. The Morgan fingerprint density at radius 2 is 1.74 bits per heavy atom. The van der Waals surface area contributed by atoms with Crippen molar-refractivity contribution in [3.8, 4) is 22.6 Å². The lowest BCUT2D eigenvalue weighted by Crippen LogP contribution is -2.06. The zero-order chi connectivity index (χ0) is 16.6. The maximum atomic E-state index is 13.7. The highest BCUT2D eigenvalue weighted by Crippen LogP contribution is 2.32. The molecule has 1 heterocycles. The molecule has 0 bridgehead atoms. The van der Waals surface area contributed by atoms with Crippen LogP contribution in [0.5, 0.6) is 11.5 Å². The topological polar surface area (TPSA) is 48.7 Å². The summed E-state index contributed by atoms with van der Waals surface area (Å²) in [4.78, 5) is 12.5. The first-order valence-electron chi connectivity index (χ1n) is 6.68. The largest absolute Gasteiger partial charge is 0.493 e. The van der Waals surface area contributed by atoms with Crippen LogP contribution in [0.3, 0.4) is 0 Å². The molecule has 0 fully saturated rings. The number of hydrogen-bond donors (Lipinski definition) is 0. The molecule has 0 saturated heterocycles. The highest BCUT2D eigenvalue weighted by atomic mass is 19.2. The second-order valence-corrected chi connectivity index (χ2v) is 4.79. The third kappa shape index (κ3) is 2.42. The molecule has 0 radical (unpaired) electrons. The second kappa shape index (κ2) is 5.72. The van der Waals surface area contributed by atoms with Gasteiger partial charge in [-0.3, -0.25) is 4.79 Å². The zero-order valence-corrected chi connectivity index (χ0v) is 12.4. The normalized spacial score (nSPS) is 10.8. The Kier molecular flexibility index (Phi) is 3.73. The molecule has 6 heteroatoms. The third-order valence-electron chi connectivity index (χ3n) is 3.53. The summed E-state index contributed by atoms with van der Waals surface area (Å²) in [6.45, 7) is 0. The minimum atomic E-state index is -1.18. The van der Waals surface area contributed by atoms with Gasteiger partial charge in [-0.1, -0.05) is 6.07 Å². The molecule has 118 valence electrons. The van der Waals surface area contributed by atoms with Gasteiger partial charge in [0, 0.05) is 0 Å². The van der Waals surface area contributed by atoms with Crippen molar-refractivity contribution in [2.45, 2.75) is 0 Å². The van der Waals surface area contributed by atoms with Crippen molar-refractivity contribution in [2.24, 2.45) is 0 Å². The number of rotatable bonds is 3. The SMILES string of the molecule is COc1ccc(-c2coc3c(F)c(F)ccc3c2=O)cc1OC. The van der Waals surface area contributed by atoms with Crippen LogP contribution in [0.4, 0.5) is 8.78 Å². The van der Waals surface area contributed by atoms with Gasteiger partial charge < -0.3 is 13.9 Å². The molecule has 2 aromatic carbocycles. The van der Waals surface area contributed by atoms with Crippen LogP contribution >= 0.6 is 0 Å². The lowest BCUT2D eigenvalue weighted by atomic mass is 10.0. The Morgan fingerprint density at radius 1 is 1.00 bits per heavy atom. The minimum absolute atomic E-state index is 0.0313. The summed E-state index contributed by atoms with van der Waals surface area (Å²) in [5.74, 6) is -1.30. The average molecular weight is 318 g/mol. The predicted octanol–water partition coefficient (Wildman–Crippen LogP) is 3.76. The maximum absolute atomic E-state index is 13.7. The van der Waals surface area contributed by atoms with E-state index in [2.05, 4.69) is 0 Å². The Hall–Kier alpha value is -2.89. The molecule has 0 aliphatic rings. The summed E-state index contributed by atoms with van der Waals surface area (Å²) < 4.78 is 42.4. The third-order valence-corrected chi connectivity index (χ3v) is 3.53. The van der Waals surface area contributed by atoms with E-state index in [0.29, 0.717) is 17.1 Å². The Labute approximate surface area is 129 Å². The van der Waals surface area contributed by atoms with E-state index in [0.717, 1.165) is 12.3 Å². The fraction of sp³-hybridized carbons (Fsp3) is 0.118. The van der Waals surface area contributed by atoms with Crippen LogP contribution in [-0.4, -0.2) is 14.2 Å². The summed E-state index contributed by atoms with van der Waals surface area (Å²) >= 11 is 0. The highest BCUT2D eigenvalue weighted by molar-refractivity contribution is 5.82. The van der Waals surface area contributed by atoms with Gasteiger partial charge in [0.15, 0.2) is 22.9 Å². The molecule has 0 amide bonds. The standard InChI is InChI=1S/C17H12F2O4/c1-21-13-6-3-9(7-14(13)22-2)11-8-23-17-10(16(11)20)4-5-12(18)15(17)19/h3-8H,1-2H3. The number of hydrogen-bond acceptors (Lipinski definition) is 4. The molecule has 0 atom stereocenters. The maximum Gasteiger partial charge on any atom is 0.201 e. The van der Waals surface area contributed by atoms with E-state index < -0.39 is 22.6 Å². The van der Waals surface area contributed by atoms with Gasteiger partial charge in [0.2, 0.25) is 11.2 Å². The first-order valence-corrected chi connectivity index (χ1v) is 6.68. The fourth-order valence-corrected chi connectivity index (χ4v) is 2.35. The van der Waals surface area contributed by atoms with Crippen molar-refractivity contribution in [3.63, 3.8) is 0 Å². The van der Waals surface area contributed by atoms with Crippen LogP contribution < -0.4 is 14.9 Å². The van der Waals surface area contributed by atoms with E-state index in [1.54, 1.807) is 18.2 Å². The van der Waals surface area contributed by atoms with E-state index >= 15 is 0 Å². The number of benzene rings is 2. The Morgan fingerprint density at radius 3 is 2.43 bits per heavy atom. The van der Waals surface area contributed by atoms with Gasteiger partial charge in [0.05, 0.1) is 25.2 Å². The van der Waals surface area contributed by atoms with E-state index in [9.17, 15) is 13.6 Å². The van der Waals surface area contributed by atoms with Crippen molar-refractivity contribution in [1.29, 1.82) is 0 Å². The number of ether oxygens (including phenoxy) is 2. The van der Waals surface area contributed by atoms with Crippen LogP contribution in [0.25, 0.3) is 22.1 Å². The van der Waals surface area contributed by atoms with Crippen molar-refractivity contribution >= 4 is 11.0 Å². The number of methoxy groups -OCH3 is 2. The monoisotopic (exact) mass is 318 g/mol. The summed E-state index contributed by atoms with van der Waals surface area (Å²) in [7, 11) is 2.97. The van der Waals surface area contributed by atoms with Gasteiger partial charge in [-0.25, -0.2) is 4.39 Å². The average Bonchev–Trinajstić information content (AvgIpc) is 2.58. The zero-order valence-electron chi connectivity index (χ0n) is 12.4. The summed E-state index contributed by atoms with van der Waals surface area (Å²) in [5, 5.41) is -0.0313. The molecule has 1 aromatic heterocycles. The summed E-state index contributed by atoms with van der Waals surface area (Å²) in [6.07, 6.45) is 1.11. The predicted molar refractivity (Wildman–Crippen MR) is 80.9 cm³/mol. The summed E-state index contributed by atoms with van der Waals surface area (Å²) in [6, 6.07) is 7.00. The molecule has 4 nitrogen and oxygen atoms in total. The molecule has 0 N–H and O–H groups in total. The molecule has 23 heavy (non-hydrogen) atoms. The molecule has 0 spiro atoms. The lowest BCUT2D eigenvalue weighted by molar-refractivity contribution is 0.355. The molecular weight excluding hydrogens is 306 g/mol. The Balaban J connectivity index is 2.24. The van der Waals surface area contributed by atoms with Crippen LogP contribution in [0.15, 0.2) is 45.8 Å². The van der Waals surface area contributed by atoms with Crippen molar-refractivity contribution in [2.75, 3.05) is 14.2 Å². The Bertz CT molecular complexity index is 947. The first kappa shape index (κ1) is 15.0. The lowest BCUT2D eigenvalue weighted by Gasteiger charge is -2.09. The van der Waals surface area contributed by atoms with Crippen LogP contribution in [0, 0.1) is 11.6 Å². The minimum Gasteiger partial charge on any atom is -0.493 e. The number of halogens is 2. The van der Waals surface area contributed by atoms with Crippen molar-refractivity contribution < 1.29 is 22.7 Å². The van der Waals surface area contributed by atoms with Crippen molar-refractivity contribution in [1.82, 2.24) is 0 Å². The molecule has 0 aliphatic heterocycles. The summed E-state index contributed by atoms with van der Waals surface area (Å²) in [5.41, 5.74) is -0.135. The van der Waals surface area contributed by atoms with Crippen LogP contribution in [0.2, 0.25) is 0 Å². The smallest absolute Gasteiger partial charge is 0.201 e. The molecule has 3 aromatic rings. The molecule has 3 rings (SSSR count). The fourth-order valence-electron chi connectivity index (χ4n) is 2.35. The van der Waals surface area contributed by atoms with E-state index in [-0.39, 0.29) is 10.9 Å². The van der Waals surface area contributed by atoms with Gasteiger partial charge in [-0.2, -0.15) is 4.39 Å². The van der Waals surface area contributed by atoms with Crippen LogP contribution in [-0.2, 0) is 0 Å². The first-order chi connectivity index (χ1) is 11.1. The highest BCUT2D eigenvalue weighted by Gasteiger charge is 2.16. The van der Waals surface area contributed by atoms with Crippen LogP contribution in [0.1, 0.15) is 0 Å². The quantitative estimate of drug-likeness (QED) is 0.738. The van der Waals surface area contributed by atoms with Crippen molar-refractivity contribution in [3.05, 3.63) is 58.5 Å². The molecular formula is C17H12F2O4. The van der Waals surface area contributed by atoms with E-state index in [1.165, 1.54) is 20.3 Å². The molecule has 0 aliphatic carbocycles. The van der Waals surface area contributed by atoms with Gasteiger partial charge >= 0.3 is 0 Å². The van der Waals surface area contributed by atoms with Gasteiger partial charge in [-0.15, -0.1) is 0 Å². The van der Waals surface area contributed by atoms with E-state index in [1.807, 2.05) is 0 Å². The van der Waals surface area contributed by atoms with E-state index in [4.69, 9.17) is 13.9 Å². The van der Waals surface area contributed by atoms with Gasteiger partial charge in [0.1, 0.15) is 6.26 Å². The van der Waals surface area contributed by atoms with Gasteiger partial charge in [-0.05, 0) is 29.8 Å². The molecule has 0 saturated carbocycles. The molecule has 0 unspecified atom stereocenters. The second-order valence-electron chi connectivity index (χ2n) is 4.79. The van der Waals surface area contributed by atoms with Gasteiger partial charge in [0.25, 0.3) is 0 Å².